The summed E-state index contributed by atoms with van der Waals surface area (Å²) in [4.78, 5) is 38.5. The van der Waals surface area contributed by atoms with E-state index in [2.05, 4.69) is 10.6 Å². The van der Waals surface area contributed by atoms with E-state index in [1.165, 1.54) is 7.05 Å². The number of para-hydroxylation sites is 1. The van der Waals surface area contributed by atoms with Crippen molar-refractivity contribution in [1.29, 1.82) is 0 Å². The zero-order valence-corrected chi connectivity index (χ0v) is 21.8. The Kier molecular flexibility index (Phi) is 9.30. The third-order valence-electron chi connectivity index (χ3n) is 7.07. The molecule has 1 aliphatic heterocycles. The van der Waals surface area contributed by atoms with Crippen LogP contribution in [0.4, 0.5) is 10.5 Å². The molecule has 1 heterocycles. The van der Waals surface area contributed by atoms with Crippen molar-refractivity contribution in [2.45, 2.75) is 36.9 Å². The zero-order chi connectivity index (χ0) is 27.8. The first-order valence-electron chi connectivity index (χ1n) is 12.9. The minimum Gasteiger partial charge on any atom is -0.465 e. The highest BCUT2D eigenvalue weighted by atomic mass is 16.5. The van der Waals surface area contributed by atoms with Crippen molar-refractivity contribution in [3.8, 4) is 0 Å². The van der Waals surface area contributed by atoms with E-state index >= 15 is 0 Å². The lowest BCUT2D eigenvalue weighted by Gasteiger charge is -2.33. The van der Waals surface area contributed by atoms with Gasteiger partial charge in [0.05, 0.1) is 12.7 Å². The summed E-state index contributed by atoms with van der Waals surface area (Å²) in [5, 5.41) is 16.1. The van der Waals surface area contributed by atoms with Crippen molar-refractivity contribution in [2.75, 3.05) is 25.5 Å². The van der Waals surface area contributed by atoms with Gasteiger partial charge >= 0.3 is 6.09 Å². The standard InChI is InChI=1S/C30H34N4O5/c1-34(30(37)38)27(26(21-11-4-2-5-12-21)22-13-6-3-7-14-22)29(36)33-24-15-9-8-10-20(24)16-17-23-18-32-25(19-39-23)28(31)35/h2-15,23,25-27,32H,16-19H2,1H3,(H2,31,35)(H,33,36)(H,37,38)/t23-,25+,27+/m1/s1. The maximum Gasteiger partial charge on any atom is 0.407 e. The molecule has 3 atom stereocenters. The Morgan fingerprint density at radius 1 is 1.00 bits per heavy atom. The Balaban J connectivity index is 1.57. The number of ether oxygens (including phenoxy) is 1. The number of carbonyl (C=O) groups is 3. The number of aryl methyl sites for hydroxylation is 1. The number of primary amides is 1. The van der Waals surface area contributed by atoms with Crippen molar-refractivity contribution >= 4 is 23.6 Å². The van der Waals surface area contributed by atoms with E-state index < -0.39 is 35.9 Å². The van der Waals surface area contributed by atoms with Gasteiger partial charge in [0.15, 0.2) is 0 Å². The van der Waals surface area contributed by atoms with E-state index in [1.54, 1.807) is 0 Å². The van der Waals surface area contributed by atoms with Crippen LogP contribution < -0.4 is 16.4 Å². The van der Waals surface area contributed by atoms with Gasteiger partial charge < -0.3 is 26.2 Å². The lowest BCUT2D eigenvalue weighted by Crippen LogP contribution is -2.52. The van der Waals surface area contributed by atoms with Gasteiger partial charge in [-0.25, -0.2) is 4.79 Å². The van der Waals surface area contributed by atoms with Gasteiger partial charge in [0.25, 0.3) is 0 Å². The van der Waals surface area contributed by atoms with Gasteiger partial charge in [0, 0.05) is 25.2 Å². The molecule has 0 spiro atoms. The molecule has 0 bridgehead atoms. The normalized spacial score (nSPS) is 17.8. The third-order valence-corrected chi connectivity index (χ3v) is 7.07. The average molecular weight is 531 g/mol. The largest absolute Gasteiger partial charge is 0.465 e. The van der Waals surface area contributed by atoms with E-state index in [9.17, 15) is 19.5 Å². The maximum atomic E-state index is 13.9. The van der Waals surface area contributed by atoms with Gasteiger partial charge in [-0.05, 0) is 35.6 Å². The van der Waals surface area contributed by atoms with Crippen molar-refractivity contribution < 1.29 is 24.2 Å². The molecule has 39 heavy (non-hydrogen) atoms. The van der Waals surface area contributed by atoms with E-state index in [-0.39, 0.29) is 12.7 Å². The highest BCUT2D eigenvalue weighted by Crippen LogP contribution is 2.32. The second-order valence-electron chi connectivity index (χ2n) is 9.64. The summed E-state index contributed by atoms with van der Waals surface area (Å²) in [6, 6.07) is 24.9. The van der Waals surface area contributed by atoms with E-state index in [0.717, 1.165) is 21.6 Å². The average Bonchev–Trinajstić information content (AvgIpc) is 2.96. The molecule has 0 saturated carbocycles. The van der Waals surface area contributed by atoms with Crippen molar-refractivity contribution in [2.24, 2.45) is 5.73 Å². The highest BCUT2D eigenvalue weighted by Gasteiger charge is 2.37. The summed E-state index contributed by atoms with van der Waals surface area (Å²) in [7, 11) is 1.42. The second-order valence-corrected chi connectivity index (χ2v) is 9.64. The fourth-order valence-corrected chi connectivity index (χ4v) is 4.92. The predicted octanol–water partition coefficient (Wildman–Crippen LogP) is 3.21. The molecule has 9 heteroatoms. The van der Waals surface area contributed by atoms with Gasteiger partial charge in [-0.15, -0.1) is 0 Å². The molecule has 0 aromatic heterocycles. The van der Waals surface area contributed by atoms with Gasteiger partial charge in [-0.3, -0.25) is 14.5 Å². The number of amides is 3. The molecule has 0 unspecified atom stereocenters. The van der Waals surface area contributed by atoms with E-state index in [4.69, 9.17) is 10.5 Å². The number of carboxylic acid groups (broad SMARTS) is 1. The maximum absolute atomic E-state index is 13.9. The van der Waals surface area contributed by atoms with E-state index in [1.807, 2.05) is 84.9 Å². The Morgan fingerprint density at radius 2 is 1.59 bits per heavy atom. The number of nitrogens with zero attached hydrogens (tertiary/aromatic N) is 1. The molecule has 4 rings (SSSR count). The molecule has 5 N–H and O–H groups in total. The molecule has 204 valence electrons. The molecule has 0 radical (unpaired) electrons. The first-order chi connectivity index (χ1) is 18.8. The van der Waals surface area contributed by atoms with Gasteiger partial charge in [-0.2, -0.15) is 0 Å². The fourth-order valence-electron chi connectivity index (χ4n) is 4.92. The Labute approximate surface area is 228 Å². The van der Waals surface area contributed by atoms with Crippen LogP contribution in [-0.2, 0) is 20.7 Å². The molecule has 3 aromatic carbocycles. The molecule has 1 saturated heterocycles. The van der Waals surface area contributed by atoms with Gasteiger partial charge in [0.1, 0.15) is 12.1 Å². The highest BCUT2D eigenvalue weighted by molar-refractivity contribution is 5.98. The quantitative estimate of drug-likeness (QED) is 0.318. The predicted molar refractivity (Wildman–Crippen MR) is 148 cm³/mol. The summed E-state index contributed by atoms with van der Waals surface area (Å²) >= 11 is 0. The number of likely N-dealkylation sites (N-methyl/N-ethyl adjacent to an activating group) is 1. The summed E-state index contributed by atoms with van der Waals surface area (Å²) in [5.41, 5.74) is 8.53. The monoisotopic (exact) mass is 530 g/mol. The zero-order valence-electron chi connectivity index (χ0n) is 21.8. The number of nitrogens with one attached hydrogen (secondary N) is 2. The number of anilines is 1. The molecular weight excluding hydrogens is 496 g/mol. The Hall–Kier alpha value is -4.21. The molecule has 3 amide bonds. The van der Waals surface area contributed by atoms with Crippen LogP contribution in [0.5, 0.6) is 0 Å². The molecule has 1 fully saturated rings. The van der Waals surface area contributed by atoms with Gasteiger partial charge in [-0.1, -0.05) is 78.9 Å². The minimum absolute atomic E-state index is 0.101. The Bertz CT molecular complexity index is 1220. The number of hydrogen-bond donors (Lipinski definition) is 4. The van der Waals surface area contributed by atoms with Crippen LogP contribution in [0.2, 0.25) is 0 Å². The number of benzene rings is 3. The number of hydrogen-bond acceptors (Lipinski definition) is 5. The van der Waals surface area contributed by atoms with Crippen molar-refractivity contribution in [3.63, 3.8) is 0 Å². The van der Waals surface area contributed by atoms with Crippen LogP contribution in [0.25, 0.3) is 0 Å². The second kappa shape index (κ2) is 13.0. The lowest BCUT2D eigenvalue weighted by molar-refractivity contribution is -0.124. The van der Waals surface area contributed by atoms with Crippen LogP contribution in [0.15, 0.2) is 84.9 Å². The minimum atomic E-state index is -1.20. The smallest absolute Gasteiger partial charge is 0.407 e. The Morgan fingerprint density at radius 3 is 2.13 bits per heavy atom. The first kappa shape index (κ1) is 27.8. The molecule has 0 aliphatic carbocycles. The summed E-state index contributed by atoms with van der Waals surface area (Å²) in [6.07, 6.45) is -0.0163. The molecule has 3 aromatic rings. The number of carbonyl (C=O) groups excluding carboxylic acids is 2. The SMILES string of the molecule is CN(C(=O)O)[C@H](C(=O)Nc1ccccc1CC[C@@H]1CN[C@H](C(N)=O)CO1)C(c1ccccc1)c1ccccc1. The molecular formula is C30H34N4O5. The lowest BCUT2D eigenvalue weighted by atomic mass is 9.84. The number of rotatable bonds is 10. The van der Waals surface area contributed by atoms with Crippen LogP contribution in [0.1, 0.15) is 29.0 Å². The van der Waals surface area contributed by atoms with Crippen molar-refractivity contribution in [1.82, 2.24) is 10.2 Å². The summed E-state index contributed by atoms with van der Waals surface area (Å²) < 4.78 is 5.80. The fraction of sp³-hybridized carbons (Fsp3) is 0.300. The molecule has 1 aliphatic rings. The summed E-state index contributed by atoms with van der Waals surface area (Å²) in [6.45, 7) is 0.728. The molecule has 9 nitrogen and oxygen atoms in total. The van der Waals surface area contributed by atoms with Crippen molar-refractivity contribution in [3.05, 3.63) is 102 Å². The number of morpholine rings is 1. The van der Waals surface area contributed by atoms with Crippen LogP contribution in [0.3, 0.4) is 0 Å². The van der Waals surface area contributed by atoms with Crippen LogP contribution in [-0.4, -0.2) is 66.3 Å². The van der Waals surface area contributed by atoms with E-state index in [0.29, 0.717) is 25.1 Å². The topological polar surface area (TPSA) is 134 Å². The summed E-state index contributed by atoms with van der Waals surface area (Å²) in [5.74, 6) is -1.39. The van der Waals surface area contributed by atoms with Crippen LogP contribution >= 0.6 is 0 Å². The van der Waals surface area contributed by atoms with Gasteiger partial charge in [0.2, 0.25) is 11.8 Å². The first-order valence-corrected chi connectivity index (χ1v) is 12.9. The van der Waals surface area contributed by atoms with Crippen LogP contribution in [0, 0.1) is 0 Å². The number of nitrogens with two attached hydrogens (primary N) is 1. The third kappa shape index (κ3) is 7.01.